The first-order valence-electron chi connectivity index (χ1n) is 10.1. The third kappa shape index (κ3) is 10.4. The van der Waals surface area contributed by atoms with E-state index in [0.29, 0.717) is 29.4 Å². The summed E-state index contributed by atoms with van der Waals surface area (Å²) in [4.78, 5) is 14.6. The zero-order chi connectivity index (χ0) is 23.1. The van der Waals surface area contributed by atoms with Crippen molar-refractivity contribution in [2.45, 2.75) is 41.5 Å². The summed E-state index contributed by atoms with van der Waals surface area (Å²) in [5, 5.41) is 6.06. The van der Waals surface area contributed by atoms with Crippen LogP contribution in [0.15, 0.2) is 59.8 Å². The van der Waals surface area contributed by atoms with Crippen LogP contribution in [0.4, 0.5) is 21.6 Å². The van der Waals surface area contributed by atoms with Crippen molar-refractivity contribution in [1.82, 2.24) is 10.3 Å². The molecule has 30 heavy (non-hydrogen) atoms. The van der Waals surface area contributed by atoms with Crippen molar-refractivity contribution in [3.63, 3.8) is 0 Å². The van der Waals surface area contributed by atoms with E-state index >= 15 is 0 Å². The number of halogens is 1. The molecule has 0 atom stereocenters. The highest BCUT2D eigenvalue weighted by molar-refractivity contribution is 5.76. The number of allylic oxidation sites excluding steroid dienone is 4. The maximum atomic E-state index is 13.0. The maximum Gasteiger partial charge on any atom is 0.168 e. The number of nitrogens with zero attached hydrogens (tertiary/aromatic N) is 1. The second-order valence-corrected chi connectivity index (χ2v) is 6.50. The molecule has 4 N–H and O–H groups in total. The van der Waals surface area contributed by atoms with Crippen LogP contribution in [0.5, 0.6) is 0 Å². The summed E-state index contributed by atoms with van der Waals surface area (Å²) in [5.41, 5.74) is 9.39. The number of hydrogen-bond acceptors (Lipinski definition) is 5. The molecule has 2 rings (SSSR count). The Morgan fingerprint density at radius 3 is 2.37 bits per heavy atom. The van der Waals surface area contributed by atoms with Gasteiger partial charge in [0.15, 0.2) is 6.29 Å². The van der Waals surface area contributed by atoms with E-state index in [0.717, 1.165) is 0 Å². The number of nitrogen functional groups attached to an aromatic ring is 1. The summed E-state index contributed by atoms with van der Waals surface area (Å²) >= 11 is 0. The van der Waals surface area contributed by atoms with Gasteiger partial charge in [-0.2, -0.15) is 0 Å². The Hall–Kier alpha value is -3.15. The van der Waals surface area contributed by atoms with Gasteiger partial charge in [-0.25, -0.2) is 9.37 Å². The largest absolute Gasteiger partial charge is 0.399 e. The molecule has 0 bridgehead atoms. The third-order valence-electron chi connectivity index (χ3n) is 3.83. The molecule has 0 aliphatic rings. The van der Waals surface area contributed by atoms with Crippen LogP contribution in [0.25, 0.3) is 0 Å². The highest BCUT2D eigenvalue weighted by Crippen LogP contribution is 2.18. The number of aromatic nitrogens is 1. The molecule has 0 spiro atoms. The molecule has 0 saturated carbocycles. The third-order valence-corrected chi connectivity index (χ3v) is 3.83. The molecule has 164 valence electrons. The number of anilines is 3. The number of rotatable bonds is 6. The van der Waals surface area contributed by atoms with Crippen LogP contribution in [0, 0.1) is 11.7 Å². The first kappa shape index (κ1) is 26.9. The van der Waals surface area contributed by atoms with Crippen LogP contribution in [0.1, 0.15) is 52.0 Å². The average Bonchev–Trinajstić information content (AvgIpc) is 2.73. The van der Waals surface area contributed by atoms with Crippen LogP contribution >= 0.6 is 0 Å². The van der Waals surface area contributed by atoms with Crippen LogP contribution in [0.3, 0.4) is 0 Å². The van der Waals surface area contributed by atoms with E-state index in [1.54, 1.807) is 18.2 Å². The standard InChI is InChI=1S/C12H10FN3O.C10H19N.C2H6/c13-8-2-1-3-10(4-8)15-12-6-9(14)5-11(7-17)16-12;1-6-9(4)7-10(11-5)8(2)3;1-2/h1-7H,(H3,14,15,16);6-8,11H,1-5H3;1-2H3/b;9-6-,10-7+;. The van der Waals surface area contributed by atoms with E-state index in [1.807, 2.05) is 20.9 Å². The van der Waals surface area contributed by atoms with Crippen LogP contribution < -0.4 is 16.4 Å². The van der Waals surface area contributed by atoms with Crippen molar-refractivity contribution in [1.29, 1.82) is 0 Å². The van der Waals surface area contributed by atoms with Crippen molar-refractivity contribution in [3.05, 3.63) is 71.3 Å². The number of nitrogens with two attached hydrogens (primary N) is 1. The minimum Gasteiger partial charge on any atom is -0.399 e. The Morgan fingerprint density at radius 2 is 1.87 bits per heavy atom. The molecule has 1 aromatic heterocycles. The molecule has 1 heterocycles. The monoisotopic (exact) mass is 414 g/mol. The van der Waals surface area contributed by atoms with Gasteiger partial charge in [-0.3, -0.25) is 4.79 Å². The lowest BCUT2D eigenvalue weighted by Crippen LogP contribution is -2.11. The summed E-state index contributed by atoms with van der Waals surface area (Å²) in [6.45, 7) is 12.5. The molecule has 0 aliphatic heterocycles. The minimum absolute atomic E-state index is 0.226. The van der Waals surface area contributed by atoms with Crippen molar-refractivity contribution in [2.75, 3.05) is 18.1 Å². The Kier molecular flexibility index (Phi) is 13.2. The molecule has 0 amide bonds. The van der Waals surface area contributed by atoms with E-state index in [9.17, 15) is 9.18 Å². The fourth-order valence-corrected chi connectivity index (χ4v) is 2.27. The van der Waals surface area contributed by atoms with Gasteiger partial charge < -0.3 is 16.4 Å². The van der Waals surface area contributed by atoms with Gasteiger partial charge in [0.2, 0.25) is 0 Å². The first-order valence-corrected chi connectivity index (χ1v) is 10.1. The van der Waals surface area contributed by atoms with Gasteiger partial charge in [0.25, 0.3) is 0 Å². The molecule has 0 unspecified atom stereocenters. The van der Waals surface area contributed by atoms with Gasteiger partial charge in [-0.05, 0) is 50.1 Å². The minimum atomic E-state index is -0.352. The molecule has 0 saturated heterocycles. The molecular weight excluding hydrogens is 379 g/mol. The number of aldehydes is 1. The Balaban J connectivity index is 0.000000565. The quantitative estimate of drug-likeness (QED) is 0.393. The zero-order valence-corrected chi connectivity index (χ0v) is 19.1. The van der Waals surface area contributed by atoms with Gasteiger partial charge in [0, 0.05) is 30.2 Å². The molecule has 0 radical (unpaired) electrons. The van der Waals surface area contributed by atoms with Gasteiger partial charge >= 0.3 is 0 Å². The van der Waals surface area contributed by atoms with Gasteiger partial charge in [0.1, 0.15) is 17.3 Å². The molecule has 5 nitrogen and oxygen atoms in total. The number of carbonyl (C=O) groups is 1. The van der Waals surface area contributed by atoms with E-state index in [4.69, 9.17) is 5.73 Å². The summed E-state index contributed by atoms with van der Waals surface area (Å²) < 4.78 is 13.0. The Morgan fingerprint density at radius 1 is 1.20 bits per heavy atom. The fourth-order valence-electron chi connectivity index (χ4n) is 2.27. The lowest BCUT2D eigenvalue weighted by atomic mass is 10.1. The molecule has 2 aromatic rings. The van der Waals surface area contributed by atoms with Gasteiger partial charge in [-0.1, -0.05) is 45.4 Å². The van der Waals surface area contributed by atoms with Crippen LogP contribution in [-0.4, -0.2) is 18.3 Å². The molecule has 0 aliphatic carbocycles. The number of benzene rings is 1. The number of hydrogen-bond donors (Lipinski definition) is 3. The normalized spacial score (nSPS) is 11.0. The van der Waals surface area contributed by atoms with E-state index in [-0.39, 0.29) is 11.5 Å². The van der Waals surface area contributed by atoms with E-state index < -0.39 is 0 Å². The molecule has 6 heteroatoms. The smallest absolute Gasteiger partial charge is 0.168 e. The Bertz CT molecular complexity index is 845. The molecule has 1 aromatic carbocycles. The lowest BCUT2D eigenvalue weighted by molar-refractivity contribution is 0.111. The summed E-state index contributed by atoms with van der Waals surface area (Å²) in [5.74, 6) is 0.627. The van der Waals surface area contributed by atoms with Gasteiger partial charge in [0.05, 0.1) is 0 Å². The topological polar surface area (TPSA) is 80.0 Å². The zero-order valence-electron chi connectivity index (χ0n) is 19.1. The summed E-state index contributed by atoms with van der Waals surface area (Å²) in [6.07, 6.45) is 4.90. The van der Waals surface area contributed by atoms with Crippen molar-refractivity contribution in [2.24, 2.45) is 5.92 Å². The SMILES string of the molecule is C/C=C(C)\C=C(\NC)C(C)C.CC.Nc1cc(C=O)nc(Nc2cccc(F)c2)c1. The number of nitrogens with one attached hydrogen (secondary N) is 2. The fraction of sp³-hybridized carbons (Fsp3) is 0.333. The summed E-state index contributed by atoms with van der Waals surface area (Å²) in [6, 6.07) is 8.96. The maximum absolute atomic E-state index is 13.0. The van der Waals surface area contributed by atoms with Crippen molar-refractivity contribution >= 4 is 23.5 Å². The van der Waals surface area contributed by atoms with Crippen LogP contribution in [-0.2, 0) is 0 Å². The molecule has 0 fully saturated rings. The number of carbonyl (C=O) groups excluding carboxylic acids is 1. The lowest BCUT2D eigenvalue weighted by Gasteiger charge is -2.10. The van der Waals surface area contributed by atoms with E-state index in [1.165, 1.54) is 29.5 Å². The summed E-state index contributed by atoms with van der Waals surface area (Å²) in [7, 11) is 1.97. The van der Waals surface area contributed by atoms with Gasteiger partial charge in [-0.15, -0.1) is 0 Å². The molecular formula is C24H35FN4O. The second-order valence-electron chi connectivity index (χ2n) is 6.50. The predicted octanol–water partition coefficient (Wildman–Crippen LogP) is 6.10. The van der Waals surface area contributed by atoms with Crippen molar-refractivity contribution < 1.29 is 9.18 Å². The van der Waals surface area contributed by atoms with E-state index in [2.05, 4.69) is 55.5 Å². The second kappa shape index (κ2) is 14.8. The highest BCUT2D eigenvalue weighted by atomic mass is 19.1. The number of pyridine rings is 1. The van der Waals surface area contributed by atoms with Crippen LogP contribution in [0.2, 0.25) is 0 Å². The Labute approximate surface area is 180 Å². The van der Waals surface area contributed by atoms with Crippen molar-refractivity contribution in [3.8, 4) is 0 Å². The highest BCUT2D eigenvalue weighted by Gasteiger charge is 2.02. The first-order chi connectivity index (χ1) is 14.3. The average molecular weight is 415 g/mol. The predicted molar refractivity (Wildman–Crippen MR) is 126 cm³/mol.